The predicted molar refractivity (Wildman–Crippen MR) is 92.6 cm³/mol. The van der Waals surface area contributed by atoms with E-state index in [1.165, 1.54) is 0 Å². The molecule has 4 nitrogen and oxygen atoms in total. The first-order chi connectivity index (χ1) is 9.86. The summed E-state index contributed by atoms with van der Waals surface area (Å²) < 4.78 is 0. The minimum Gasteiger partial charge on any atom is -0.347 e. The minimum absolute atomic E-state index is 0.105. The first-order valence-electron chi connectivity index (χ1n) is 8.45. The molecule has 0 aliphatic heterocycles. The van der Waals surface area contributed by atoms with E-state index in [0.717, 1.165) is 51.9 Å². The lowest BCUT2D eigenvalue weighted by Crippen LogP contribution is -2.58. The van der Waals surface area contributed by atoms with E-state index >= 15 is 0 Å². The molecule has 0 saturated carbocycles. The summed E-state index contributed by atoms with van der Waals surface area (Å²) in [6.07, 6.45) is 3.77. The van der Waals surface area contributed by atoms with Crippen LogP contribution in [0.3, 0.4) is 0 Å². The highest BCUT2D eigenvalue weighted by atomic mass is 28.3. The van der Waals surface area contributed by atoms with Gasteiger partial charge in [0.15, 0.2) is 0 Å². The van der Waals surface area contributed by atoms with Gasteiger partial charge in [-0.3, -0.25) is 9.59 Å². The quantitative estimate of drug-likeness (QED) is 0.563. The lowest BCUT2D eigenvalue weighted by Gasteiger charge is -2.33. The number of carbonyl (C=O) groups is 2. The molecule has 5 heteroatoms. The maximum absolute atomic E-state index is 12.8. The Morgan fingerprint density at radius 3 is 1.10 bits per heavy atom. The van der Waals surface area contributed by atoms with Gasteiger partial charge in [-0.25, -0.2) is 0 Å². The van der Waals surface area contributed by atoms with Gasteiger partial charge in [0.05, 0.1) is 0 Å². The van der Waals surface area contributed by atoms with Crippen LogP contribution in [0.15, 0.2) is 0 Å². The average Bonchev–Trinajstić information content (AvgIpc) is 2.45. The summed E-state index contributed by atoms with van der Waals surface area (Å²) in [7, 11) is -2.61. The molecule has 21 heavy (non-hydrogen) atoms. The second-order valence-corrected chi connectivity index (χ2v) is 10.3. The van der Waals surface area contributed by atoms with E-state index < -0.39 is 8.07 Å². The molecule has 0 atom stereocenters. The Morgan fingerprint density at radius 1 is 0.667 bits per heavy atom. The molecule has 0 heterocycles. The van der Waals surface area contributed by atoms with Gasteiger partial charge in [0, 0.05) is 26.2 Å². The molecule has 0 aliphatic rings. The molecule has 0 aromatic carbocycles. The van der Waals surface area contributed by atoms with E-state index in [1.807, 2.05) is 22.9 Å². The Labute approximate surface area is 131 Å². The van der Waals surface area contributed by atoms with Gasteiger partial charge in [0.1, 0.15) is 0 Å². The van der Waals surface area contributed by atoms with E-state index in [2.05, 4.69) is 27.7 Å². The fourth-order valence-electron chi connectivity index (χ4n) is 2.59. The van der Waals surface area contributed by atoms with E-state index in [4.69, 9.17) is 0 Å². The van der Waals surface area contributed by atoms with Crippen molar-refractivity contribution in [3.05, 3.63) is 0 Å². The first kappa shape index (κ1) is 20.2. The smallest absolute Gasteiger partial charge is 0.256 e. The SMILES string of the molecule is CCCN(CCC)C(=O)[Si](C)(C)C(=O)N(CCC)CCC. The van der Waals surface area contributed by atoms with Crippen LogP contribution in [0.25, 0.3) is 0 Å². The molecule has 0 radical (unpaired) electrons. The topological polar surface area (TPSA) is 40.6 Å². The Kier molecular flexibility index (Phi) is 9.58. The molecule has 0 rings (SSSR count). The Hall–Kier alpha value is -0.843. The molecule has 0 aromatic rings. The summed E-state index contributed by atoms with van der Waals surface area (Å²) in [6, 6.07) is 0. The third-order valence-electron chi connectivity index (χ3n) is 3.62. The highest BCUT2D eigenvalue weighted by Crippen LogP contribution is 2.16. The van der Waals surface area contributed by atoms with Crippen LogP contribution in [0.5, 0.6) is 0 Å². The highest BCUT2D eigenvalue weighted by Gasteiger charge is 2.44. The van der Waals surface area contributed by atoms with Crippen LogP contribution in [-0.2, 0) is 0 Å². The molecule has 0 aliphatic carbocycles. The van der Waals surface area contributed by atoms with Crippen molar-refractivity contribution in [1.29, 1.82) is 0 Å². The number of amides is 2. The zero-order valence-electron chi connectivity index (χ0n) is 14.9. The van der Waals surface area contributed by atoms with E-state index in [-0.39, 0.29) is 11.1 Å². The molecule has 0 spiro atoms. The monoisotopic (exact) mass is 314 g/mol. The van der Waals surface area contributed by atoms with Gasteiger partial charge < -0.3 is 9.80 Å². The summed E-state index contributed by atoms with van der Waals surface area (Å²) >= 11 is 0. The van der Waals surface area contributed by atoms with Crippen molar-refractivity contribution >= 4 is 19.1 Å². The Balaban J connectivity index is 5.11. The maximum Gasteiger partial charge on any atom is 0.256 e. The van der Waals surface area contributed by atoms with Gasteiger partial charge in [-0.1, -0.05) is 40.8 Å². The molecular weight excluding hydrogens is 280 g/mol. The number of carbonyl (C=O) groups excluding carboxylic acids is 2. The summed E-state index contributed by atoms with van der Waals surface area (Å²) in [5, 5.41) is 0. The van der Waals surface area contributed by atoms with Crippen LogP contribution < -0.4 is 0 Å². The summed E-state index contributed by atoms with van der Waals surface area (Å²) in [5.74, 6) is 0. The third kappa shape index (κ3) is 5.81. The minimum atomic E-state index is -2.61. The van der Waals surface area contributed by atoms with E-state index in [9.17, 15) is 9.59 Å². The molecular formula is C16H34N2O2Si. The largest absolute Gasteiger partial charge is 0.347 e. The van der Waals surface area contributed by atoms with Crippen LogP contribution in [-0.4, -0.2) is 55.1 Å². The predicted octanol–water partition coefficient (Wildman–Crippen LogP) is 4.34. The zero-order valence-corrected chi connectivity index (χ0v) is 15.9. The van der Waals surface area contributed by atoms with Crippen molar-refractivity contribution in [2.45, 2.75) is 66.5 Å². The summed E-state index contributed by atoms with van der Waals surface area (Å²) in [5.41, 5.74) is 0.210. The van der Waals surface area contributed by atoms with Gasteiger partial charge in [-0.15, -0.1) is 0 Å². The number of hydrogen-bond donors (Lipinski definition) is 0. The molecule has 0 aromatic heterocycles. The molecule has 0 N–H and O–H groups in total. The van der Waals surface area contributed by atoms with Gasteiger partial charge in [0.25, 0.3) is 8.07 Å². The number of hydrogen-bond acceptors (Lipinski definition) is 2. The molecule has 0 bridgehead atoms. The standard InChI is InChI=1S/C16H34N2O2Si/c1-7-11-17(12-8-2)15(19)21(5,6)16(20)18(13-9-3)14-10-4/h7-14H2,1-6H3. The van der Waals surface area contributed by atoms with E-state index in [1.54, 1.807) is 0 Å². The second-order valence-electron chi connectivity index (χ2n) is 6.21. The van der Waals surface area contributed by atoms with Crippen LogP contribution in [0.4, 0.5) is 9.59 Å². The van der Waals surface area contributed by atoms with Crippen molar-refractivity contribution in [2.75, 3.05) is 26.2 Å². The van der Waals surface area contributed by atoms with Gasteiger partial charge >= 0.3 is 0 Å². The zero-order chi connectivity index (χ0) is 16.5. The van der Waals surface area contributed by atoms with Gasteiger partial charge in [-0.2, -0.15) is 0 Å². The van der Waals surface area contributed by atoms with Crippen LogP contribution >= 0.6 is 0 Å². The van der Waals surface area contributed by atoms with Crippen molar-refractivity contribution in [3.63, 3.8) is 0 Å². The average molecular weight is 315 g/mol. The lowest BCUT2D eigenvalue weighted by atomic mass is 10.4. The summed E-state index contributed by atoms with van der Waals surface area (Å²) in [4.78, 5) is 29.5. The van der Waals surface area contributed by atoms with E-state index in [0.29, 0.717) is 0 Å². The van der Waals surface area contributed by atoms with Gasteiger partial charge in [-0.05, 0) is 25.7 Å². The Bertz CT molecular complexity index is 290. The van der Waals surface area contributed by atoms with Crippen LogP contribution in [0.2, 0.25) is 13.1 Å². The first-order valence-corrected chi connectivity index (χ1v) is 11.4. The number of rotatable bonds is 10. The summed E-state index contributed by atoms with van der Waals surface area (Å²) in [6.45, 7) is 15.2. The molecule has 0 fully saturated rings. The molecule has 0 saturated heterocycles. The van der Waals surface area contributed by atoms with Crippen LogP contribution in [0.1, 0.15) is 53.4 Å². The fraction of sp³-hybridized carbons (Fsp3) is 0.875. The van der Waals surface area contributed by atoms with Gasteiger partial charge in [0.2, 0.25) is 11.1 Å². The van der Waals surface area contributed by atoms with Crippen LogP contribution in [0, 0.1) is 0 Å². The van der Waals surface area contributed by atoms with Crippen molar-refractivity contribution in [1.82, 2.24) is 9.80 Å². The van der Waals surface area contributed by atoms with Crippen molar-refractivity contribution < 1.29 is 9.59 Å². The maximum atomic E-state index is 12.8. The van der Waals surface area contributed by atoms with Crippen molar-refractivity contribution in [3.8, 4) is 0 Å². The second kappa shape index (κ2) is 9.98. The highest BCUT2D eigenvalue weighted by molar-refractivity contribution is 7.23. The number of nitrogens with zero attached hydrogens (tertiary/aromatic N) is 2. The third-order valence-corrected chi connectivity index (χ3v) is 6.39. The normalized spacial score (nSPS) is 11.3. The molecule has 2 amide bonds. The molecule has 0 unspecified atom stereocenters. The lowest BCUT2D eigenvalue weighted by molar-refractivity contribution is 0.211. The van der Waals surface area contributed by atoms with Crippen molar-refractivity contribution in [2.24, 2.45) is 0 Å². The molecule has 124 valence electrons. The fourth-order valence-corrected chi connectivity index (χ4v) is 4.80. The Morgan fingerprint density at radius 2 is 0.905 bits per heavy atom.